The first-order chi connectivity index (χ1) is 16.8. The van der Waals surface area contributed by atoms with E-state index < -0.39 is 5.82 Å². The van der Waals surface area contributed by atoms with Crippen molar-refractivity contribution >= 4 is 23.2 Å². The number of rotatable bonds is 8. The maximum atomic E-state index is 13.3. The molecule has 0 atom stereocenters. The van der Waals surface area contributed by atoms with Gasteiger partial charge in [0.25, 0.3) is 5.91 Å². The summed E-state index contributed by atoms with van der Waals surface area (Å²) >= 11 is 5.80. The van der Waals surface area contributed by atoms with Crippen LogP contribution in [0.25, 0.3) is 11.4 Å². The topological polar surface area (TPSA) is 72.3 Å². The fraction of sp³-hybridized carbons (Fsp3) is 0.192. The molecule has 1 heterocycles. The largest absolute Gasteiger partial charge is 0.486 e. The number of aromatic nitrogens is 3. The number of hydrogen-bond donors (Lipinski definition) is 1. The van der Waals surface area contributed by atoms with Crippen molar-refractivity contribution in [3.8, 4) is 17.1 Å². The van der Waals surface area contributed by atoms with Crippen molar-refractivity contribution in [3.63, 3.8) is 0 Å². The molecule has 1 amide bonds. The molecule has 3 aromatic carbocycles. The first-order valence-electron chi connectivity index (χ1n) is 10.9. The molecule has 1 N–H and O–H groups in total. The number of nitrogens with one attached hydrogen (secondary N) is 1. The molecule has 4 aromatic rings. The van der Waals surface area contributed by atoms with Crippen LogP contribution in [-0.2, 0) is 20.2 Å². The normalized spacial score (nSPS) is 11.0. The van der Waals surface area contributed by atoms with Crippen molar-refractivity contribution in [2.45, 2.75) is 13.2 Å². The molecule has 1 aromatic heterocycles. The van der Waals surface area contributed by atoms with Gasteiger partial charge in [-0.25, -0.2) is 4.39 Å². The van der Waals surface area contributed by atoms with Crippen LogP contribution in [-0.4, -0.2) is 39.7 Å². The zero-order valence-electron chi connectivity index (χ0n) is 19.6. The van der Waals surface area contributed by atoms with Gasteiger partial charge in [0, 0.05) is 36.5 Å². The molecule has 0 aliphatic carbocycles. The van der Waals surface area contributed by atoms with Crippen molar-refractivity contribution in [2.75, 3.05) is 19.4 Å². The molecule has 0 bridgehead atoms. The van der Waals surface area contributed by atoms with Crippen LogP contribution >= 0.6 is 11.6 Å². The second-order valence-electron chi connectivity index (χ2n) is 8.33. The van der Waals surface area contributed by atoms with Gasteiger partial charge in [-0.3, -0.25) is 4.79 Å². The van der Waals surface area contributed by atoms with E-state index in [1.165, 1.54) is 18.2 Å². The molecule has 0 unspecified atom stereocenters. The zero-order chi connectivity index (χ0) is 24.9. The van der Waals surface area contributed by atoms with Gasteiger partial charge in [0.05, 0.1) is 5.02 Å². The fourth-order valence-corrected chi connectivity index (χ4v) is 3.66. The molecule has 9 heteroatoms. The summed E-state index contributed by atoms with van der Waals surface area (Å²) in [5.41, 5.74) is 3.25. The molecule has 4 rings (SSSR count). The van der Waals surface area contributed by atoms with Gasteiger partial charge in [-0.15, -0.1) is 10.2 Å². The minimum atomic E-state index is -0.502. The Balaban J connectivity index is 1.39. The number of halogens is 2. The number of hydrogen-bond acceptors (Lipinski definition) is 5. The van der Waals surface area contributed by atoms with Gasteiger partial charge in [0.15, 0.2) is 11.6 Å². The highest BCUT2D eigenvalue weighted by Crippen LogP contribution is 2.23. The number of carbonyl (C=O) groups excluding carboxylic acids is 1. The third kappa shape index (κ3) is 6.03. The van der Waals surface area contributed by atoms with Gasteiger partial charge in [0.2, 0.25) is 0 Å². The second-order valence-corrected chi connectivity index (χ2v) is 8.74. The summed E-state index contributed by atoms with van der Waals surface area (Å²) in [7, 11) is 5.84. The predicted molar refractivity (Wildman–Crippen MR) is 134 cm³/mol. The molecule has 0 spiro atoms. The maximum Gasteiger partial charge on any atom is 0.255 e. The Morgan fingerprint density at radius 1 is 1.06 bits per heavy atom. The number of ether oxygens (including phenoxy) is 1. The smallest absolute Gasteiger partial charge is 0.255 e. The minimum absolute atomic E-state index is 0.00493. The van der Waals surface area contributed by atoms with Crippen LogP contribution in [0.4, 0.5) is 10.1 Å². The van der Waals surface area contributed by atoms with Gasteiger partial charge in [-0.2, -0.15) is 0 Å². The van der Waals surface area contributed by atoms with Gasteiger partial charge in [0.1, 0.15) is 18.2 Å². The first-order valence-corrected chi connectivity index (χ1v) is 11.3. The Morgan fingerprint density at radius 2 is 1.77 bits per heavy atom. The van der Waals surface area contributed by atoms with Crippen LogP contribution in [0, 0.1) is 5.82 Å². The molecule has 0 aliphatic rings. The number of nitrogens with zero attached hydrogens (tertiary/aromatic N) is 4. The number of amides is 1. The van der Waals surface area contributed by atoms with Crippen LogP contribution in [0.3, 0.4) is 0 Å². The zero-order valence-corrected chi connectivity index (χ0v) is 20.4. The SMILES string of the molecule is CN(C)Cc1ccc(C(=O)Nc2ccc(-c3nnc(COc4ccc(F)c(Cl)c4)n3C)cc2)cc1. The lowest BCUT2D eigenvalue weighted by Crippen LogP contribution is -2.13. The Labute approximate surface area is 208 Å². The first kappa shape index (κ1) is 24.4. The van der Waals surface area contributed by atoms with Crippen molar-refractivity contribution < 1.29 is 13.9 Å². The predicted octanol–water partition coefficient (Wildman–Crippen LogP) is 5.17. The number of anilines is 1. The van der Waals surface area contributed by atoms with Crippen molar-refractivity contribution in [3.05, 3.63) is 94.5 Å². The number of benzene rings is 3. The average Bonchev–Trinajstić information content (AvgIpc) is 3.20. The Bertz CT molecular complexity index is 1320. The third-order valence-corrected chi connectivity index (χ3v) is 5.63. The summed E-state index contributed by atoms with van der Waals surface area (Å²) in [6.45, 7) is 0.965. The summed E-state index contributed by atoms with van der Waals surface area (Å²) in [5.74, 6) is 1.00. The molecule has 0 saturated heterocycles. The maximum absolute atomic E-state index is 13.3. The molecule has 0 saturated carbocycles. The standard InChI is InChI=1S/C26H25ClFN5O2/c1-32(2)15-17-4-6-19(7-5-17)26(34)29-20-10-8-18(9-11-20)25-31-30-24(33(25)3)16-35-21-12-13-23(28)22(27)14-21/h4-14H,15-16H2,1-3H3,(H,29,34). The van der Waals surface area contributed by atoms with E-state index in [2.05, 4.69) is 20.4 Å². The summed E-state index contributed by atoms with van der Waals surface area (Å²) in [5, 5.41) is 11.4. The van der Waals surface area contributed by atoms with Gasteiger partial charge >= 0.3 is 0 Å². The van der Waals surface area contributed by atoms with Crippen LogP contribution in [0.5, 0.6) is 5.75 Å². The van der Waals surface area contributed by atoms with Gasteiger partial charge in [-0.05, 0) is 68.2 Å². The van der Waals surface area contributed by atoms with Gasteiger partial charge in [-0.1, -0.05) is 23.7 Å². The lowest BCUT2D eigenvalue weighted by atomic mass is 10.1. The Hall–Kier alpha value is -3.75. The van der Waals surface area contributed by atoms with E-state index in [4.69, 9.17) is 16.3 Å². The van der Waals surface area contributed by atoms with Crippen molar-refractivity contribution in [1.82, 2.24) is 19.7 Å². The van der Waals surface area contributed by atoms with E-state index in [0.717, 1.165) is 17.7 Å². The van der Waals surface area contributed by atoms with E-state index in [9.17, 15) is 9.18 Å². The van der Waals surface area contributed by atoms with E-state index in [1.807, 2.05) is 74.2 Å². The second kappa shape index (κ2) is 10.7. The summed E-state index contributed by atoms with van der Waals surface area (Å²) in [6, 6.07) is 19.1. The summed E-state index contributed by atoms with van der Waals surface area (Å²) in [6.07, 6.45) is 0. The molecule has 7 nitrogen and oxygen atoms in total. The van der Waals surface area contributed by atoms with Crippen molar-refractivity contribution in [2.24, 2.45) is 7.05 Å². The summed E-state index contributed by atoms with van der Waals surface area (Å²) in [4.78, 5) is 14.7. The Morgan fingerprint density at radius 3 is 2.43 bits per heavy atom. The minimum Gasteiger partial charge on any atom is -0.486 e. The Kier molecular flexibility index (Phi) is 7.43. The van der Waals surface area contributed by atoms with E-state index >= 15 is 0 Å². The number of carbonyl (C=O) groups is 1. The monoisotopic (exact) mass is 493 g/mol. The van der Waals surface area contributed by atoms with E-state index in [0.29, 0.717) is 28.6 Å². The molecule has 180 valence electrons. The molecule has 35 heavy (non-hydrogen) atoms. The van der Waals surface area contributed by atoms with Gasteiger partial charge < -0.3 is 19.5 Å². The molecule has 0 radical (unpaired) electrons. The lowest BCUT2D eigenvalue weighted by Gasteiger charge is -2.10. The molecule has 0 aliphatic heterocycles. The van der Waals surface area contributed by atoms with Crippen LogP contribution in [0.2, 0.25) is 5.02 Å². The van der Waals surface area contributed by atoms with Crippen LogP contribution in [0.15, 0.2) is 66.7 Å². The van der Waals surface area contributed by atoms with Crippen molar-refractivity contribution in [1.29, 1.82) is 0 Å². The highest BCUT2D eigenvalue weighted by Gasteiger charge is 2.13. The fourth-order valence-electron chi connectivity index (χ4n) is 3.49. The highest BCUT2D eigenvalue weighted by molar-refractivity contribution is 6.30. The lowest BCUT2D eigenvalue weighted by molar-refractivity contribution is 0.102. The quantitative estimate of drug-likeness (QED) is 0.367. The molecule has 0 fully saturated rings. The molecular weight excluding hydrogens is 469 g/mol. The average molecular weight is 494 g/mol. The third-order valence-electron chi connectivity index (χ3n) is 5.34. The van der Waals surface area contributed by atoms with Crippen LogP contribution < -0.4 is 10.1 Å². The summed E-state index contributed by atoms with van der Waals surface area (Å²) < 4.78 is 20.8. The highest BCUT2D eigenvalue weighted by atomic mass is 35.5. The van der Waals surface area contributed by atoms with E-state index in [1.54, 1.807) is 0 Å². The van der Waals surface area contributed by atoms with Crippen LogP contribution in [0.1, 0.15) is 21.7 Å². The van der Waals surface area contributed by atoms with E-state index in [-0.39, 0.29) is 17.5 Å². The molecular formula is C26H25ClFN5O2.